The van der Waals surface area contributed by atoms with Crippen LogP contribution >= 0.6 is 0 Å². The molecule has 1 aromatic heterocycles. The molecule has 1 aromatic rings. The third kappa shape index (κ3) is 3.70. The third-order valence-corrected chi connectivity index (χ3v) is 3.93. The minimum Gasteiger partial charge on any atom is -0.497 e. The highest BCUT2D eigenvalue weighted by Crippen LogP contribution is 2.27. The molecule has 0 bridgehead atoms. The molecule has 0 saturated carbocycles. The normalized spacial score (nSPS) is 20.9. The van der Waals surface area contributed by atoms with Crippen molar-refractivity contribution in [2.45, 2.75) is 40.3 Å². The van der Waals surface area contributed by atoms with Crippen molar-refractivity contribution in [3.05, 3.63) is 23.5 Å². The van der Waals surface area contributed by atoms with Gasteiger partial charge >= 0.3 is 0 Å². The number of hydrogen-bond donors (Lipinski definition) is 1. The standard InChI is InChI=1S/C16H27N3O/c1-12-8-14(20-5)9-13(18-12)11-19-7-6-17-10-15(19)16(2,3)4/h8-9,15,17H,6-7,10-11H2,1-5H3. The molecule has 1 unspecified atom stereocenters. The molecule has 0 aromatic carbocycles. The van der Waals surface area contributed by atoms with Crippen molar-refractivity contribution < 1.29 is 4.74 Å². The number of hydrogen-bond acceptors (Lipinski definition) is 4. The Morgan fingerprint density at radius 2 is 2.15 bits per heavy atom. The molecule has 1 saturated heterocycles. The van der Waals surface area contributed by atoms with E-state index in [0.29, 0.717) is 6.04 Å². The van der Waals surface area contributed by atoms with Crippen molar-refractivity contribution in [2.24, 2.45) is 5.41 Å². The summed E-state index contributed by atoms with van der Waals surface area (Å²) in [7, 11) is 1.71. The van der Waals surface area contributed by atoms with Crippen molar-refractivity contribution in [1.29, 1.82) is 0 Å². The molecule has 1 aliphatic rings. The summed E-state index contributed by atoms with van der Waals surface area (Å²) in [6.45, 7) is 13.0. The first-order valence-corrected chi connectivity index (χ1v) is 7.36. The highest BCUT2D eigenvalue weighted by atomic mass is 16.5. The maximum Gasteiger partial charge on any atom is 0.122 e. The average Bonchev–Trinajstić information content (AvgIpc) is 2.37. The van der Waals surface area contributed by atoms with Crippen LogP contribution < -0.4 is 10.1 Å². The lowest BCUT2D eigenvalue weighted by molar-refractivity contribution is 0.0677. The van der Waals surface area contributed by atoms with Gasteiger partial charge in [-0.15, -0.1) is 0 Å². The van der Waals surface area contributed by atoms with Gasteiger partial charge in [-0.05, 0) is 12.3 Å². The van der Waals surface area contributed by atoms with Gasteiger partial charge in [0.15, 0.2) is 0 Å². The van der Waals surface area contributed by atoms with Crippen molar-refractivity contribution in [3.63, 3.8) is 0 Å². The number of nitrogens with zero attached hydrogens (tertiary/aromatic N) is 2. The van der Waals surface area contributed by atoms with E-state index in [1.807, 2.05) is 13.0 Å². The molecule has 1 aliphatic heterocycles. The van der Waals surface area contributed by atoms with Crippen molar-refractivity contribution in [3.8, 4) is 5.75 Å². The molecular weight excluding hydrogens is 250 g/mol. The van der Waals surface area contributed by atoms with Crippen molar-refractivity contribution in [2.75, 3.05) is 26.7 Å². The Morgan fingerprint density at radius 3 is 2.80 bits per heavy atom. The molecule has 0 amide bonds. The summed E-state index contributed by atoms with van der Waals surface area (Å²) in [6.07, 6.45) is 0. The number of rotatable bonds is 3. The summed E-state index contributed by atoms with van der Waals surface area (Å²) in [6, 6.07) is 4.56. The van der Waals surface area contributed by atoms with Crippen LogP contribution in [0.5, 0.6) is 5.75 Å². The van der Waals surface area contributed by atoms with Gasteiger partial charge in [-0.1, -0.05) is 20.8 Å². The van der Waals surface area contributed by atoms with E-state index >= 15 is 0 Å². The third-order valence-electron chi connectivity index (χ3n) is 3.93. The number of methoxy groups -OCH3 is 1. The lowest BCUT2D eigenvalue weighted by atomic mass is 9.84. The fourth-order valence-electron chi connectivity index (χ4n) is 2.90. The summed E-state index contributed by atoms with van der Waals surface area (Å²) in [5, 5.41) is 3.50. The molecule has 2 heterocycles. The largest absolute Gasteiger partial charge is 0.497 e. The van der Waals surface area contributed by atoms with E-state index in [4.69, 9.17) is 4.74 Å². The van der Waals surface area contributed by atoms with Gasteiger partial charge in [0.2, 0.25) is 0 Å². The number of ether oxygens (including phenoxy) is 1. The highest BCUT2D eigenvalue weighted by molar-refractivity contribution is 5.26. The first kappa shape index (κ1) is 15.3. The number of nitrogens with one attached hydrogen (secondary N) is 1. The van der Waals surface area contributed by atoms with Crippen LogP contribution in [0.1, 0.15) is 32.2 Å². The van der Waals surface area contributed by atoms with Crippen LogP contribution in [-0.4, -0.2) is 42.7 Å². The molecule has 0 aliphatic carbocycles. The van der Waals surface area contributed by atoms with Crippen molar-refractivity contribution >= 4 is 0 Å². The van der Waals surface area contributed by atoms with Crippen LogP contribution in [-0.2, 0) is 6.54 Å². The average molecular weight is 277 g/mol. The molecule has 0 spiro atoms. The Morgan fingerprint density at radius 1 is 1.40 bits per heavy atom. The Hall–Kier alpha value is -1.13. The summed E-state index contributed by atoms with van der Waals surface area (Å²) in [4.78, 5) is 7.19. The zero-order chi connectivity index (χ0) is 14.8. The van der Waals surface area contributed by atoms with E-state index < -0.39 is 0 Å². The Balaban J connectivity index is 2.16. The van der Waals surface area contributed by atoms with E-state index in [2.05, 4.69) is 42.0 Å². The lowest BCUT2D eigenvalue weighted by Gasteiger charge is -2.43. The summed E-state index contributed by atoms with van der Waals surface area (Å²) in [5.41, 5.74) is 2.38. The fraction of sp³-hybridized carbons (Fsp3) is 0.688. The second-order valence-electron chi connectivity index (χ2n) is 6.70. The highest BCUT2D eigenvalue weighted by Gasteiger charge is 2.32. The molecule has 4 heteroatoms. The van der Waals surface area contributed by atoms with Gasteiger partial charge in [-0.2, -0.15) is 0 Å². The van der Waals surface area contributed by atoms with Crippen LogP contribution in [0.15, 0.2) is 12.1 Å². The van der Waals surface area contributed by atoms with Crippen LogP contribution in [0, 0.1) is 12.3 Å². The minimum absolute atomic E-state index is 0.265. The summed E-state index contributed by atoms with van der Waals surface area (Å²) in [5.74, 6) is 0.898. The smallest absolute Gasteiger partial charge is 0.122 e. The van der Waals surface area contributed by atoms with E-state index in [1.165, 1.54) is 0 Å². The van der Waals surface area contributed by atoms with Crippen molar-refractivity contribution in [1.82, 2.24) is 15.2 Å². The maximum atomic E-state index is 5.35. The van der Waals surface area contributed by atoms with Gasteiger partial charge in [0, 0.05) is 50.0 Å². The Bertz CT molecular complexity index is 454. The number of pyridine rings is 1. The maximum absolute atomic E-state index is 5.35. The van der Waals surface area contributed by atoms with Gasteiger partial charge in [-0.25, -0.2) is 0 Å². The number of aromatic nitrogens is 1. The molecule has 0 radical (unpaired) electrons. The fourth-order valence-corrected chi connectivity index (χ4v) is 2.90. The Kier molecular flexibility index (Phi) is 4.66. The van der Waals surface area contributed by atoms with E-state index in [9.17, 15) is 0 Å². The van der Waals surface area contributed by atoms with Gasteiger partial charge < -0.3 is 10.1 Å². The summed E-state index contributed by atoms with van der Waals surface area (Å²) >= 11 is 0. The molecule has 1 fully saturated rings. The quantitative estimate of drug-likeness (QED) is 0.919. The van der Waals surface area contributed by atoms with Gasteiger partial charge in [-0.3, -0.25) is 9.88 Å². The van der Waals surface area contributed by atoms with Gasteiger partial charge in [0.05, 0.1) is 12.8 Å². The zero-order valence-electron chi connectivity index (χ0n) is 13.4. The predicted molar refractivity (Wildman–Crippen MR) is 82.0 cm³/mol. The second-order valence-corrected chi connectivity index (χ2v) is 6.70. The summed E-state index contributed by atoms with van der Waals surface area (Å²) < 4.78 is 5.35. The lowest BCUT2D eigenvalue weighted by Crippen LogP contribution is -2.56. The SMILES string of the molecule is COc1cc(C)nc(CN2CCNCC2C(C)(C)C)c1. The molecule has 4 nitrogen and oxygen atoms in total. The van der Waals surface area contributed by atoms with E-state index in [0.717, 1.165) is 43.3 Å². The first-order valence-electron chi connectivity index (χ1n) is 7.36. The molecule has 1 atom stereocenters. The molecule has 1 N–H and O–H groups in total. The molecular formula is C16H27N3O. The van der Waals surface area contributed by atoms with Crippen LogP contribution in [0.3, 0.4) is 0 Å². The first-order chi connectivity index (χ1) is 9.40. The molecule has 112 valence electrons. The number of piperazine rings is 1. The second kappa shape index (κ2) is 6.10. The van der Waals surface area contributed by atoms with Gasteiger partial charge in [0.1, 0.15) is 5.75 Å². The number of aryl methyl sites for hydroxylation is 1. The topological polar surface area (TPSA) is 37.4 Å². The zero-order valence-corrected chi connectivity index (χ0v) is 13.4. The molecule has 2 rings (SSSR count). The Labute approximate surface area is 122 Å². The molecule has 20 heavy (non-hydrogen) atoms. The van der Waals surface area contributed by atoms with Crippen LogP contribution in [0.2, 0.25) is 0 Å². The van der Waals surface area contributed by atoms with E-state index in [-0.39, 0.29) is 5.41 Å². The monoisotopic (exact) mass is 277 g/mol. The van der Waals surface area contributed by atoms with Crippen LogP contribution in [0.4, 0.5) is 0 Å². The van der Waals surface area contributed by atoms with Crippen LogP contribution in [0.25, 0.3) is 0 Å². The van der Waals surface area contributed by atoms with Gasteiger partial charge in [0.25, 0.3) is 0 Å². The minimum atomic E-state index is 0.265. The van der Waals surface area contributed by atoms with E-state index in [1.54, 1.807) is 7.11 Å². The predicted octanol–water partition coefficient (Wildman–Crippen LogP) is 2.22.